The molecule has 1 amide bonds. The smallest absolute Gasteiger partial charge is 0.226 e. The largest absolute Gasteiger partial charge is 0.378 e. The van der Waals surface area contributed by atoms with Gasteiger partial charge in [0.2, 0.25) is 11.9 Å². The molecule has 1 atom stereocenters. The van der Waals surface area contributed by atoms with Crippen molar-refractivity contribution in [1.29, 1.82) is 0 Å². The van der Waals surface area contributed by atoms with Gasteiger partial charge < -0.3 is 9.30 Å². The number of carbonyl (C=O) groups is 1. The van der Waals surface area contributed by atoms with E-state index in [1.807, 2.05) is 0 Å². The van der Waals surface area contributed by atoms with Gasteiger partial charge in [-0.3, -0.25) is 10.1 Å². The van der Waals surface area contributed by atoms with Gasteiger partial charge >= 0.3 is 0 Å². The van der Waals surface area contributed by atoms with Crippen LogP contribution in [0.15, 0.2) is 36.7 Å². The van der Waals surface area contributed by atoms with Crippen LogP contribution in [0, 0.1) is 5.82 Å². The number of imidazole rings is 1. The highest BCUT2D eigenvalue weighted by Crippen LogP contribution is 2.17. The Kier molecular flexibility index (Phi) is 5.02. The number of ether oxygens (including phenoxy) is 1. The lowest BCUT2D eigenvalue weighted by molar-refractivity contribution is -0.116. The molecule has 0 radical (unpaired) electrons. The van der Waals surface area contributed by atoms with E-state index in [0.717, 1.165) is 25.9 Å². The molecule has 1 saturated heterocycles. The number of anilines is 1. The summed E-state index contributed by atoms with van der Waals surface area (Å²) in [5, 5.41) is 2.79. The second-order valence-corrected chi connectivity index (χ2v) is 5.69. The van der Waals surface area contributed by atoms with Gasteiger partial charge in [-0.2, -0.15) is 0 Å². The number of amides is 1. The van der Waals surface area contributed by atoms with Crippen molar-refractivity contribution in [3.8, 4) is 0 Å². The second-order valence-electron chi connectivity index (χ2n) is 5.69. The van der Waals surface area contributed by atoms with E-state index < -0.39 is 0 Å². The number of carbonyl (C=O) groups excluding carboxylic acids is 1. The van der Waals surface area contributed by atoms with Crippen LogP contribution < -0.4 is 5.32 Å². The first kappa shape index (κ1) is 15.7. The highest BCUT2D eigenvalue weighted by Gasteiger charge is 2.17. The third-order valence-corrected chi connectivity index (χ3v) is 3.98. The first-order valence-corrected chi connectivity index (χ1v) is 7.88. The van der Waals surface area contributed by atoms with Gasteiger partial charge in [0, 0.05) is 31.0 Å². The minimum Gasteiger partial charge on any atom is -0.378 e. The Morgan fingerprint density at radius 3 is 3.09 bits per heavy atom. The van der Waals surface area contributed by atoms with Crippen LogP contribution in [0.2, 0.25) is 0 Å². The lowest BCUT2D eigenvalue weighted by Crippen LogP contribution is -2.18. The number of hydrogen-bond acceptors (Lipinski definition) is 3. The summed E-state index contributed by atoms with van der Waals surface area (Å²) in [6.07, 6.45) is 6.73. The lowest BCUT2D eigenvalue weighted by Gasteiger charge is -2.11. The minimum absolute atomic E-state index is 0.0958. The van der Waals surface area contributed by atoms with Crippen molar-refractivity contribution in [3.05, 3.63) is 48.0 Å². The van der Waals surface area contributed by atoms with Crippen LogP contribution in [-0.2, 0) is 16.1 Å². The van der Waals surface area contributed by atoms with Crippen LogP contribution in [0.4, 0.5) is 10.3 Å². The standard InChI is InChI=1S/C17H20FN3O2/c18-15-6-2-1-4-13(15)12-21-10-9-19-17(21)20-16(22)8-7-14-5-3-11-23-14/h1-2,4,6,9-10,14H,3,5,7-8,11-12H2,(H,19,20,22)/t14-/m1/s1. The predicted molar refractivity (Wildman–Crippen MR) is 84.6 cm³/mol. The third kappa shape index (κ3) is 4.16. The molecule has 2 heterocycles. The van der Waals surface area contributed by atoms with E-state index in [1.165, 1.54) is 6.07 Å². The molecule has 23 heavy (non-hydrogen) atoms. The van der Waals surface area contributed by atoms with Crippen molar-refractivity contribution in [2.45, 2.75) is 38.3 Å². The minimum atomic E-state index is -0.267. The van der Waals surface area contributed by atoms with Gasteiger partial charge in [0.15, 0.2) is 0 Å². The maximum Gasteiger partial charge on any atom is 0.226 e. The molecule has 1 aliphatic heterocycles. The molecule has 1 N–H and O–H groups in total. The maximum absolute atomic E-state index is 13.7. The number of rotatable bonds is 6. The molecule has 0 bridgehead atoms. The summed E-state index contributed by atoms with van der Waals surface area (Å²) in [5.74, 6) is 0.0731. The summed E-state index contributed by atoms with van der Waals surface area (Å²) >= 11 is 0. The first-order valence-electron chi connectivity index (χ1n) is 7.88. The number of nitrogens with one attached hydrogen (secondary N) is 1. The van der Waals surface area contributed by atoms with E-state index >= 15 is 0 Å². The highest BCUT2D eigenvalue weighted by atomic mass is 19.1. The highest BCUT2D eigenvalue weighted by molar-refractivity contribution is 5.89. The Morgan fingerprint density at radius 1 is 1.43 bits per heavy atom. The van der Waals surface area contributed by atoms with Gasteiger partial charge in [-0.15, -0.1) is 0 Å². The number of halogens is 1. The Hall–Kier alpha value is -2.21. The molecule has 2 aromatic rings. The third-order valence-electron chi connectivity index (χ3n) is 3.98. The van der Waals surface area contributed by atoms with Crippen molar-refractivity contribution in [2.24, 2.45) is 0 Å². The molecular formula is C17H20FN3O2. The van der Waals surface area contributed by atoms with E-state index in [9.17, 15) is 9.18 Å². The molecule has 0 aliphatic carbocycles. The normalized spacial score (nSPS) is 17.3. The first-order chi connectivity index (χ1) is 11.2. The fourth-order valence-corrected chi connectivity index (χ4v) is 2.72. The molecule has 0 spiro atoms. The van der Waals surface area contributed by atoms with Crippen molar-refractivity contribution in [3.63, 3.8) is 0 Å². The predicted octanol–water partition coefficient (Wildman–Crippen LogP) is 2.97. The molecule has 6 heteroatoms. The summed E-state index contributed by atoms with van der Waals surface area (Å²) in [6.45, 7) is 1.12. The topological polar surface area (TPSA) is 56.1 Å². The Morgan fingerprint density at radius 2 is 2.30 bits per heavy atom. The van der Waals surface area contributed by atoms with E-state index in [-0.39, 0.29) is 17.8 Å². The van der Waals surface area contributed by atoms with Crippen molar-refractivity contribution in [1.82, 2.24) is 9.55 Å². The molecule has 5 nitrogen and oxygen atoms in total. The number of benzene rings is 1. The van der Waals surface area contributed by atoms with Crippen LogP contribution in [0.5, 0.6) is 0 Å². The fourth-order valence-electron chi connectivity index (χ4n) is 2.72. The van der Waals surface area contributed by atoms with Gasteiger partial charge in [-0.1, -0.05) is 18.2 Å². The average molecular weight is 317 g/mol. The summed E-state index contributed by atoms with van der Waals surface area (Å²) in [6, 6.07) is 6.58. The van der Waals surface area contributed by atoms with Gasteiger partial charge in [0.25, 0.3) is 0 Å². The van der Waals surface area contributed by atoms with E-state index in [0.29, 0.717) is 24.5 Å². The van der Waals surface area contributed by atoms with Crippen molar-refractivity contribution in [2.75, 3.05) is 11.9 Å². The zero-order chi connectivity index (χ0) is 16.1. The molecule has 122 valence electrons. The van der Waals surface area contributed by atoms with Crippen LogP contribution in [0.3, 0.4) is 0 Å². The number of hydrogen-bond donors (Lipinski definition) is 1. The van der Waals surface area contributed by atoms with E-state index in [1.54, 1.807) is 35.2 Å². The van der Waals surface area contributed by atoms with Crippen molar-refractivity contribution >= 4 is 11.9 Å². The molecule has 1 aromatic carbocycles. The van der Waals surface area contributed by atoms with Gasteiger partial charge in [-0.05, 0) is 25.3 Å². The van der Waals surface area contributed by atoms with E-state index in [4.69, 9.17) is 4.74 Å². The van der Waals surface area contributed by atoms with Crippen molar-refractivity contribution < 1.29 is 13.9 Å². The maximum atomic E-state index is 13.7. The monoisotopic (exact) mass is 317 g/mol. The number of nitrogens with zero attached hydrogens (tertiary/aromatic N) is 2. The van der Waals surface area contributed by atoms with Gasteiger partial charge in [-0.25, -0.2) is 9.37 Å². The molecule has 0 unspecified atom stereocenters. The van der Waals surface area contributed by atoms with Gasteiger partial charge in [0.1, 0.15) is 5.82 Å². The second kappa shape index (κ2) is 7.37. The SMILES string of the molecule is O=C(CC[C@H]1CCCO1)Nc1nccn1Cc1ccccc1F. The van der Waals surface area contributed by atoms with Gasteiger partial charge in [0.05, 0.1) is 12.6 Å². The zero-order valence-electron chi connectivity index (χ0n) is 12.9. The number of aromatic nitrogens is 2. The molecule has 1 fully saturated rings. The molecule has 1 aromatic heterocycles. The van der Waals surface area contributed by atoms with Crippen LogP contribution >= 0.6 is 0 Å². The molecule has 3 rings (SSSR count). The van der Waals surface area contributed by atoms with Crippen LogP contribution in [-0.4, -0.2) is 28.2 Å². The Bertz CT molecular complexity index is 665. The Labute approximate surface area is 134 Å². The van der Waals surface area contributed by atoms with Crippen LogP contribution in [0.1, 0.15) is 31.2 Å². The fraction of sp³-hybridized carbons (Fsp3) is 0.412. The lowest BCUT2D eigenvalue weighted by atomic mass is 10.1. The van der Waals surface area contributed by atoms with E-state index in [2.05, 4.69) is 10.3 Å². The van der Waals surface area contributed by atoms with Crippen LogP contribution in [0.25, 0.3) is 0 Å². The Balaban J connectivity index is 1.57. The zero-order valence-corrected chi connectivity index (χ0v) is 12.9. The summed E-state index contributed by atoms with van der Waals surface area (Å²) in [7, 11) is 0. The summed E-state index contributed by atoms with van der Waals surface area (Å²) < 4.78 is 21.0. The molecule has 0 saturated carbocycles. The average Bonchev–Trinajstić information content (AvgIpc) is 3.20. The molecular weight excluding hydrogens is 297 g/mol. The quantitative estimate of drug-likeness (QED) is 0.891. The summed E-state index contributed by atoms with van der Waals surface area (Å²) in [5.41, 5.74) is 0.556. The summed E-state index contributed by atoms with van der Waals surface area (Å²) in [4.78, 5) is 16.2. The molecule has 1 aliphatic rings.